The van der Waals surface area contributed by atoms with Gasteiger partial charge in [0.2, 0.25) is 5.88 Å². The van der Waals surface area contributed by atoms with Crippen LogP contribution in [0.2, 0.25) is 0 Å². The molecule has 1 fully saturated rings. The fourth-order valence-corrected chi connectivity index (χ4v) is 2.02. The Kier molecular flexibility index (Phi) is 3.88. The van der Waals surface area contributed by atoms with E-state index in [-0.39, 0.29) is 5.60 Å². The first-order chi connectivity index (χ1) is 8.85. The monoisotopic (exact) mass is 263 g/mol. The van der Waals surface area contributed by atoms with E-state index in [0.29, 0.717) is 17.5 Å². The van der Waals surface area contributed by atoms with Crippen LogP contribution in [0.4, 0.5) is 11.5 Å². The number of rotatable bonds is 5. The van der Waals surface area contributed by atoms with Crippen molar-refractivity contribution in [3.63, 3.8) is 0 Å². The molecule has 0 aromatic carbocycles. The molecule has 1 saturated carbocycles. The summed E-state index contributed by atoms with van der Waals surface area (Å²) in [6, 6.07) is 3.75. The van der Waals surface area contributed by atoms with Crippen molar-refractivity contribution in [2.45, 2.75) is 46.1 Å². The number of hydrogen-bond donors (Lipinski definition) is 2. The number of pyridine rings is 1. The van der Waals surface area contributed by atoms with Gasteiger partial charge in [0.15, 0.2) is 0 Å². The van der Waals surface area contributed by atoms with Crippen molar-refractivity contribution < 1.29 is 4.74 Å². The van der Waals surface area contributed by atoms with Gasteiger partial charge in [0.25, 0.3) is 0 Å². The van der Waals surface area contributed by atoms with Crippen molar-refractivity contribution in [2.24, 2.45) is 11.8 Å². The maximum absolute atomic E-state index is 5.90. The van der Waals surface area contributed by atoms with Gasteiger partial charge in [-0.3, -0.25) is 0 Å². The summed E-state index contributed by atoms with van der Waals surface area (Å²) < 4.78 is 5.76. The molecule has 19 heavy (non-hydrogen) atoms. The van der Waals surface area contributed by atoms with E-state index in [2.05, 4.69) is 17.2 Å². The number of nitrogens with zero attached hydrogens (tertiary/aromatic N) is 1. The van der Waals surface area contributed by atoms with E-state index in [1.54, 1.807) is 0 Å². The number of ether oxygens (including phenoxy) is 1. The zero-order valence-electron chi connectivity index (χ0n) is 12.4. The van der Waals surface area contributed by atoms with Gasteiger partial charge < -0.3 is 15.8 Å². The van der Waals surface area contributed by atoms with Crippen LogP contribution < -0.4 is 15.8 Å². The summed E-state index contributed by atoms with van der Waals surface area (Å²) in [6.45, 7) is 9.21. The Morgan fingerprint density at radius 1 is 1.42 bits per heavy atom. The minimum Gasteiger partial charge on any atom is -0.470 e. The van der Waals surface area contributed by atoms with Crippen LogP contribution in [0.15, 0.2) is 12.1 Å². The molecule has 0 bridgehead atoms. The molecular weight excluding hydrogens is 238 g/mol. The molecule has 1 unspecified atom stereocenters. The summed E-state index contributed by atoms with van der Waals surface area (Å²) >= 11 is 0. The second kappa shape index (κ2) is 5.27. The lowest BCUT2D eigenvalue weighted by Crippen LogP contribution is -2.24. The highest BCUT2D eigenvalue weighted by Gasteiger charge is 2.27. The Balaban J connectivity index is 1.98. The molecule has 4 heteroatoms. The third-order valence-corrected chi connectivity index (χ3v) is 3.32. The van der Waals surface area contributed by atoms with Crippen LogP contribution in [0.25, 0.3) is 0 Å². The van der Waals surface area contributed by atoms with Crippen LogP contribution in [0, 0.1) is 11.8 Å². The van der Waals surface area contributed by atoms with Crippen LogP contribution in [0.3, 0.4) is 0 Å². The Hall–Kier alpha value is -1.45. The van der Waals surface area contributed by atoms with Crippen molar-refractivity contribution >= 4 is 11.5 Å². The molecule has 0 saturated heterocycles. The van der Waals surface area contributed by atoms with Gasteiger partial charge >= 0.3 is 0 Å². The first-order valence-corrected chi connectivity index (χ1v) is 7.04. The molecule has 0 radical (unpaired) electrons. The predicted octanol–water partition coefficient (Wildman–Crippen LogP) is 3.30. The summed E-state index contributed by atoms with van der Waals surface area (Å²) in [5.41, 5.74) is 6.18. The second-order valence-electron chi connectivity index (χ2n) is 6.50. The fraction of sp³-hybridized carbons (Fsp3) is 0.667. The van der Waals surface area contributed by atoms with Gasteiger partial charge in [-0.15, -0.1) is 0 Å². The van der Waals surface area contributed by atoms with E-state index in [9.17, 15) is 0 Å². The van der Waals surface area contributed by atoms with E-state index in [4.69, 9.17) is 10.5 Å². The Morgan fingerprint density at radius 3 is 2.68 bits per heavy atom. The van der Waals surface area contributed by atoms with Gasteiger partial charge in [0, 0.05) is 6.54 Å². The molecule has 1 atom stereocenters. The summed E-state index contributed by atoms with van der Waals surface area (Å²) in [6.07, 6.45) is 2.74. The standard InChI is InChI=1S/C15H25N3O/c1-10(11-5-6-11)9-17-13-8-7-12(16)14(18-13)19-15(2,3)4/h7-8,10-11H,5-6,9,16H2,1-4H3,(H,17,18). The van der Waals surface area contributed by atoms with Crippen molar-refractivity contribution in [3.8, 4) is 5.88 Å². The Morgan fingerprint density at radius 2 is 2.11 bits per heavy atom. The summed E-state index contributed by atoms with van der Waals surface area (Å²) in [5, 5.41) is 3.37. The SMILES string of the molecule is CC(CNc1ccc(N)c(OC(C)(C)C)n1)C1CC1. The molecule has 1 aromatic heterocycles. The van der Waals surface area contributed by atoms with E-state index < -0.39 is 0 Å². The summed E-state index contributed by atoms with van der Waals surface area (Å²) in [5.74, 6) is 2.94. The maximum atomic E-state index is 5.90. The van der Waals surface area contributed by atoms with Crippen LogP contribution in [0.5, 0.6) is 5.88 Å². The quantitative estimate of drug-likeness (QED) is 0.855. The maximum Gasteiger partial charge on any atom is 0.239 e. The normalized spacial score (nSPS) is 17.1. The Labute approximate surface area is 115 Å². The highest BCUT2D eigenvalue weighted by atomic mass is 16.5. The number of aromatic nitrogens is 1. The molecule has 0 spiro atoms. The second-order valence-corrected chi connectivity index (χ2v) is 6.50. The van der Waals surface area contributed by atoms with Crippen molar-refractivity contribution in [3.05, 3.63) is 12.1 Å². The van der Waals surface area contributed by atoms with Crippen molar-refractivity contribution in [1.82, 2.24) is 4.98 Å². The molecule has 0 amide bonds. The smallest absolute Gasteiger partial charge is 0.239 e. The topological polar surface area (TPSA) is 60.2 Å². The molecule has 3 N–H and O–H groups in total. The highest BCUT2D eigenvalue weighted by Crippen LogP contribution is 2.36. The van der Waals surface area contributed by atoms with Crippen molar-refractivity contribution in [2.75, 3.05) is 17.6 Å². The van der Waals surface area contributed by atoms with E-state index >= 15 is 0 Å². The van der Waals surface area contributed by atoms with Crippen LogP contribution in [0.1, 0.15) is 40.5 Å². The van der Waals surface area contributed by atoms with Crippen LogP contribution in [-0.2, 0) is 0 Å². The molecule has 0 aliphatic heterocycles. The lowest BCUT2D eigenvalue weighted by atomic mass is 10.1. The third kappa shape index (κ3) is 4.30. The number of nitrogen functional groups attached to an aromatic ring is 1. The molecule has 106 valence electrons. The minimum absolute atomic E-state index is 0.291. The summed E-state index contributed by atoms with van der Waals surface area (Å²) in [4.78, 5) is 4.45. The van der Waals surface area contributed by atoms with E-state index in [1.165, 1.54) is 12.8 Å². The largest absolute Gasteiger partial charge is 0.470 e. The highest BCUT2D eigenvalue weighted by molar-refractivity contribution is 5.53. The number of nitrogens with one attached hydrogen (secondary N) is 1. The molecule has 1 aliphatic rings. The lowest BCUT2D eigenvalue weighted by Gasteiger charge is -2.22. The average Bonchev–Trinajstić information content (AvgIpc) is 3.12. The molecule has 2 rings (SSSR count). The average molecular weight is 263 g/mol. The van der Waals surface area contributed by atoms with Gasteiger partial charge in [-0.25, -0.2) is 0 Å². The van der Waals surface area contributed by atoms with Crippen LogP contribution in [-0.4, -0.2) is 17.1 Å². The van der Waals surface area contributed by atoms with E-state index in [0.717, 1.165) is 18.3 Å². The van der Waals surface area contributed by atoms with Gasteiger partial charge in [-0.05, 0) is 57.6 Å². The number of hydrogen-bond acceptors (Lipinski definition) is 4. The minimum atomic E-state index is -0.291. The molecule has 1 heterocycles. The third-order valence-electron chi connectivity index (χ3n) is 3.32. The molecule has 4 nitrogen and oxygen atoms in total. The zero-order chi connectivity index (χ0) is 14.0. The van der Waals surface area contributed by atoms with Crippen molar-refractivity contribution in [1.29, 1.82) is 0 Å². The van der Waals surface area contributed by atoms with Gasteiger partial charge in [-0.1, -0.05) is 6.92 Å². The zero-order valence-corrected chi connectivity index (χ0v) is 12.4. The van der Waals surface area contributed by atoms with Crippen LogP contribution >= 0.6 is 0 Å². The van der Waals surface area contributed by atoms with Gasteiger partial charge in [0.1, 0.15) is 11.4 Å². The van der Waals surface area contributed by atoms with E-state index in [1.807, 2.05) is 32.9 Å². The fourth-order valence-electron chi connectivity index (χ4n) is 2.02. The molecule has 1 aromatic rings. The lowest BCUT2D eigenvalue weighted by molar-refractivity contribution is 0.125. The first-order valence-electron chi connectivity index (χ1n) is 7.04. The number of anilines is 2. The summed E-state index contributed by atoms with van der Waals surface area (Å²) in [7, 11) is 0. The number of nitrogens with two attached hydrogens (primary N) is 1. The molecular formula is C15H25N3O. The van der Waals surface area contributed by atoms with Gasteiger partial charge in [-0.2, -0.15) is 4.98 Å². The van der Waals surface area contributed by atoms with Gasteiger partial charge in [0.05, 0.1) is 5.69 Å². The molecule has 1 aliphatic carbocycles. The Bertz CT molecular complexity index is 436. The predicted molar refractivity (Wildman–Crippen MR) is 79.4 cm³/mol. The first kappa shape index (κ1) is 14.0.